The van der Waals surface area contributed by atoms with E-state index in [1.807, 2.05) is 12.1 Å². The van der Waals surface area contributed by atoms with Crippen LogP contribution in [0, 0.1) is 5.92 Å². The Balaban J connectivity index is 1.47. The summed E-state index contributed by atoms with van der Waals surface area (Å²) in [4.78, 5) is 22.8. The summed E-state index contributed by atoms with van der Waals surface area (Å²) in [5, 5.41) is 31.5. The van der Waals surface area contributed by atoms with Gasteiger partial charge in [-0.05, 0) is 47.1 Å². The Hall–Kier alpha value is -1.80. The van der Waals surface area contributed by atoms with Gasteiger partial charge >= 0.3 is 5.97 Å². The number of carboxylic acid groups (broad SMARTS) is 1. The summed E-state index contributed by atoms with van der Waals surface area (Å²) in [6, 6.07) is 14.5. The van der Waals surface area contributed by atoms with Crippen LogP contribution in [0.5, 0.6) is 0 Å². The molecule has 3 N–H and O–H groups in total. The lowest BCUT2D eigenvalue weighted by Crippen LogP contribution is -2.22. The summed E-state index contributed by atoms with van der Waals surface area (Å²) in [7, 11) is 0. The monoisotopic (exact) mass is 474 g/mol. The van der Waals surface area contributed by atoms with E-state index in [0.29, 0.717) is 6.42 Å². The molecule has 1 saturated carbocycles. The normalized spacial score (nSPS) is 22.1. The number of carbonyl (C=O) groups excluding carboxylic acids is 1. The van der Waals surface area contributed by atoms with E-state index in [0.717, 1.165) is 24.3 Å². The van der Waals surface area contributed by atoms with E-state index in [1.165, 1.54) is 39.9 Å². The molecule has 4 atom stereocenters. The Kier molecular flexibility index (Phi) is 9.66. The van der Waals surface area contributed by atoms with Crippen molar-refractivity contribution >= 4 is 46.0 Å². The first-order valence-corrected chi connectivity index (χ1v) is 13.1. The van der Waals surface area contributed by atoms with Crippen LogP contribution in [-0.2, 0) is 16.0 Å². The summed E-state index contributed by atoms with van der Waals surface area (Å²) in [6.07, 6.45) is 4.44. The summed E-state index contributed by atoms with van der Waals surface area (Å²) in [6.45, 7) is 0. The zero-order valence-corrected chi connectivity index (χ0v) is 19.6. The van der Waals surface area contributed by atoms with E-state index in [-0.39, 0.29) is 29.1 Å². The van der Waals surface area contributed by atoms with Crippen molar-refractivity contribution in [2.45, 2.75) is 43.1 Å². The quantitative estimate of drug-likeness (QED) is 0.317. The molecule has 1 aliphatic rings. The molecule has 5 nitrogen and oxygen atoms in total. The molecule has 7 heteroatoms. The van der Waals surface area contributed by atoms with Gasteiger partial charge in [-0.15, -0.1) is 11.8 Å². The number of benzene rings is 2. The highest BCUT2D eigenvalue weighted by atomic mass is 32.2. The maximum Gasteiger partial charge on any atom is 0.313 e. The number of rotatable bonds is 12. The van der Waals surface area contributed by atoms with E-state index in [4.69, 9.17) is 5.11 Å². The van der Waals surface area contributed by atoms with Crippen molar-refractivity contribution in [1.29, 1.82) is 0 Å². The van der Waals surface area contributed by atoms with Crippen LogP contribution in [0.1, 0.15) is 24.8 Å². The molecule has 32 heavy (non-hydrogen) atoms. The molecule has 0 bridgehead atoms. The molecule has 2 aromatic carbocycles. The third kappa shape index (κ3) is 7.37. The lowest BCUT2D eigenvalue weighted by atomic mass is 10.0. The van der Waals surface area contributed by atoms with Crippen LogP contribution in [0.2, 0.25) is 0 Å². The first kappa shape index (κ1) is 24.8. The van der Waals surface area contributed by atoms with Crippen molar-refractivity contribution in [2.75, 3.05) is 17.3 Å². The number of aliphatic hydroxyl groups excluding tert-OH is 2. The molecule has 0 amide bonds. The highest BCUT2D eigenvalue weighted by molar-refractivity contribution is 8.01. The van der Waals surface area contributed by atoms with Gasteiger partial charge in [0, 0.05) is 12.3 Å². The number of thioether (sulfide) groups is 2. The van der Waals surface area contributed by atoms with Crippen LogP contribution >= 0.6 is 23.5 Å². The number of aryl methyl sites for hydroxylation is 1. The van der Waals surface area contributed by atoms with Gasteiger partial charge in [0.1, 0.15) is 5.78 Å². The van der Waals surface area contributed by atoms with Gasteiger partial charge < -0.3 is 15.3 Å². The molecule has 0 aliphatic heterocycles. The molecule has 0 saturated heterocycles. The second-order valence-electron chi connectivity index (χ2n) is 8.08. The van der Waals surface area contributed by atoms with Gasteiger partial charge in [0.2, 0.25) is 0 Å². The maximum absolute atomic E-state index is 12.3. The maximum atomic E-state index is 12.3. The molecule has 1 aliphatic carbocycles. The number of fused-ring (bicyclic) bond motifs is 1. The minimum Gasteiger partial charge on any atom is -0.481 e. The molecule has 172 valence electrons. The summed E-state index contributed by atoms with van der Waals surface area (Å²) >= 11 is 2.89. The molecule has 1 unspecified atom stereocenters. The zero-order valence-electron chi connectivity index (χ0n) is 17.9. The number of ketones is 1. The highest BCUT2D eigenvalue weighted by Gasteiger charge is 2.40. The minimum absolute atomic E-state index is 0.0426. The molecule has 0 spiro atoms. The lowest BCUT2D eigenvalue weighted by molar-refractivity contribution is -0.133. The average molecular weight is 475 g/mol. The third-order valence-electron chi connectivity index (χ3n) is 5.58. The molecular weight excluding hydrogens is 444 g/mol. The second kappa shape index (κ2) is 12.4. The highest BCUT2D eigenvalue weighted by Crippen LogP contribution is 2.34. The van der Waals surface area contributed by atoms with Gasteiger partial charge in [0.15, 0.2) is 0 Å². The second-order valence-corrected chi connectivity index (χ2v) is 10.4. The number of hydrogen-bond acceptors (Lipinski definition) is 6. The summed E-state index contributed by atoms with van der Waals surface area (Å²) in [5.74, 6) is 0.492. The van der Waals surface area contributed by atoms with Gasteiger partial charge in [-0.3, -0.25) is 9.59 Å². The SMILES string of the molecule is O=C(O)CSCCCS[C@H]1C(=O)C[C@@H](O)[C@@H]1/C=C/C(O)CCc1ccc2ccccc2c1. The zero-order chi connectivity index (χ0) is 22.9. The molecule has 1 fully saturated rings. The van der Waals surface area contributed by atoms with Gasteiger partial charge in [0.25, 0.3) is 0 Å². The molecular formula is C25H30O5S2. The number of hydrogen-bond donors (Lipinski definition) is 3. The van der Waals surface area contributed by atoms with Crippen LogP contribution in [-0.4, -0.2) is 61.8 Å². The molecule has 2 aromatic rings. The summed E-state index contributed by atoms with van der Waals surface area (Å²) in [5.41, 5.74) is 1.17. The minimum atomic E-state index is -0.818. The number of aliphatic hydroxyl groups is 2. The number of carbonyl (C=O) groups is 2. The third-order valence-corrected chi connectivity index (χ3v) is 8.06. The van der Waals surface area contributed by atoms with Crippen molar-refractivity contribution in [3.05, 3.63) is 60.2 Å². The first-order valence-electron chi connectivity index (χ1n) is 10.9. The van der Waals surface area contributed by atoms with Gasteiger partial charge in [-0.2, -0.15) is 11.8 Å². The van der Waals surface area contributed by atoms with E-state index < -0.39 is 18.2 Å². The van der Waals surface area contributed by atoms with E-state index >= 15 is 0 Å². The molecule has 0 aromatic heterocycles. The predicted molar refractivity (Wildman–Crippen MR) is 132 cm³/mol. The topological polar surface area (TPSA) is 94.8 Å². The van der Waals surface area contributed by atoms with Crippen molar-refractivity contribution < 1.29 is 24.9 Å². The smallest absolute Gasteiger partial charge is 0.313 e. The van der Waals surface area contributed by atoms with E-state index in [2.05, 4.69) is 30.3 Å². The Morgan fingerprint density at radius 3 is 2.72 bits per heavy atom. The van der Waals surface area contributed by atoms with Crippen molar-refractivity contribution in [2.24, 2.45) is 5.92 Å². The fourth-order valence-corrected chi connectivity index (χ4v) is 6.09. The first-order chi connectivity index (χ1) is 15.4. The van der Waals surface area contributed by atoms with E-state index in [9.17, 15) is 19.8 Å². The summed E-state index contributed by atoms with van der Waals surface area (Å²) < 4.78 is 0. The fourth-order valence-electron chi connectivity index (χ4n) is 3.90. The molecule has 0 heterocycles. The number of carboxylic acids is 1. The Labute approximate surface area is 197 Å². The Morgan fingerprint density at radius 1 is 1.16 bits per heavy atom. The number of Topliss-reactive ketones (excluding diaryl/α,β-unsaturated/α-hetero) is 1. The van der Waals surface area contributed by atoms with E-state index in [1.54, 1.807) is 12.2 Å². The fraction of sp³-hybridized carbons (Fsp3) is 0.440. The van der Waals surface area contributed by atoms with Crippen LogP contribution in [0.3, 0.4) is 0 Å². The molecule has 0 radical (unpaired) electrons. The Morgan fingerprint density at radius 2 is 1.94 bits per heavy atom. The largest absolute Gasteiger partial charge is 0.481 e. The van der Waals surface area contributed by atoms with Crippen LogP contribution in [0.25, 0.3) is 10.8 Å². The van der Waals surface area contributed by atoms with Crippen LogP contribution < -0.4 is 0 Å². The Bertz CT molecular complexity index is 945. The predicted octanol–water partition coefficient (Wildman–Crippen LogP) is 3.95. The average Bonchev–Trinajstić information content (AvgIpc) is 3.04. The van der Waals surface area contributed by atoms with Crippen molar-refractivity contribution in [3.8, 4) is 0 Å². The van der Waals surface area contributed by atoms with Crippen molar-refractivity contribution in [1.82, 2.24) is 0 Å². The van der Waals surface area contributed by atoms with Crippen molar-refractivity contribution in [3.63, 3.8) is 0 Å². The lowest BCUT2D eigenvalue weighted by Gasteiger charge is -2.17. The van der Waals surface area contributed by atoms with Gasteiger partial charge in [-0.25, -0.2) is 0 Å². The number of aliphatic carboxylic acids is 1. The van der Waals surface area contributed by atoms with Crippen LogP contribution in [0.4, 0.5) is 0 Å². The van der Waals surface area contributed by atoms with Gasteiger partial charge in [0.05, 0.1) is 23.2 Å². The van der Waals surface area contributed by atoms with Crippen LogP contribution in [0.15, 0.2) is 54.6 Å². The van der Waals surface area contributed by atoms with Gasteiger partial charge in [-0.1, -0.05) is 54.6 Å². The standard InChI is InChI=1S/C25H30O5S2/c26-20(9-7-17-6-8-18-4-1-2-5-19(18)14-17)10-11-21-22(27)15-23(28)25(21)32-13-3-12-31-16-24(29)30/h1-2,4-6,8,10-11,14,20-22,25-27H,3,7,9,12-13,15-16H2,(H,29,30)/b11-10+/t20?,21-,22+,25+/m0/s1. The molecule has 3 rings (SSSR count).